The van der Waals surface area contributed by atoms with E-state index in [-0.39, 0.29) is 25.4 Å². The summed E-state index contributed by atoms with van der Waals surface area (Å²) in [7, 11) is -3.48. The highest BCUT2D eigenvalue weighted by molar-refractivity contribution is 7.91. The van der Waals surface area contributed by atoms with E-state index in [2.05, 4.69) is 5.32 Å². The molecule has 2 rings (SSSR count). The minimum Gasteiger partial charge on any atom is -0.475 e. The number of hydrogen-bond acceptors (Lipinski definition) is 7. The van der Waals surface area contributed by atoms with Gasteiger partial charge in [-0.1, -0.05) is 38.4 Å². The van der Waals surface area contributed by atoms with Crippen LogP contribution >= 0.6 is 11.6 Å². The van der Waals surface area contributed by atoms with E-state index in [1.54, 1.807) is 39.0 Å². The molecule has 204 valence electrons. The van der Waals surface area contributed by atoms with Gasteiger partial charge in [-0.25, -0.2) is 13.2 Å². The number of sulfone groups is 1. The summed E-state index contributed by atoms with van der Waals surface area (Å²) in [5.74, 6) is -4.75. The number of nitrogens with two attached hydrogens (primary N) is 1. The van der Waals surface area contributed by atoms with E-state index in [1.807, 2.05) is 0 Å². The topological polar surface area (TPSA) is 167 Å². The third-order valence-corrected chi connectivity index (χ3v) is 7.02. The van der Waals surface area contributed by atoms with Crippen molar-refractivity contribution >= 4 is 39.2 Å². The van der Waals surface area contributed by atoms with Crippen molar-refractivity contribution in [3.05, 3.63) is 34.3 Å². The number of carbonyl (C=O) groups excluding carboxylic acids is 2. The minimum absolute atomic E-state index is 0.0896. The predicted molar refractivity (Wildman–Crippen MR) is 124 cm³/mol. The average molecular weight is 560 g/mol. The number of aliphatic hydroxyl groups is 1. The van der Waals surface area contributed by atoms with Crippen LogP contribution in [-0.4, -0.2) is 77.7 Å². The molecular formula is C21H29ClF3N3O7S. The second kappa shape index (κ2) is 12.2. The third-order valence-electron chi connectivity index (χ3n) is 5.15. The zero-order valence-corrected chi connectivity index (χ0v) is 21.4. The fraction of sp³-hybridized carbons (Fsp3) is 0.571. The van der Waals surface area contributed by atoms with Gasteiger partial charge in [0.25, 0.3) is 5.91 Å². The molecule has 0 radical (unpaired) electrons. The number of carbonyl (C=O) groups is 3. The van der Waals surface area contributed by atoms with Crippen molar-refractivity contribution < 1.29 is 46.2 Å². The van der Waals surface area contributed by atoms with Gasteiger partial charge in [0, 0.05) is 24.7 Å². The lowest BCUT2D eigenvalue weighted by molar-refractivity contribution is -0.192. The number of aliphatic hydroxyl groups excluding tert-OH is 1. The quantitative estimate of drug-likeness (QED) is 0.416. The number of carboxylic acids is 1. The summed E-state index contributed by atoms with van der Waals surface area (Å²) in [5.41, 5.74) is 6.46. The molecule has 0 aromatic heterocycles. The molecule has 1 aliphatic rings. The maximum absolute atomic E-state index is 12.8. The van der Waals surface area contributed by atoms with E-state index >= 15 is 0 Å². The van der Waals surface area contributed by atoms with Gasteiger partial charge in [0.15, 0.2) is 9.84 Å². The number of hydrogen-bond donors (Lipinski definition) is 4. The number of alkyl halides is 3. The monoisotopic (exact) mass is 559 g/mol. The Morgan fingerprint density at radius 3 is 2.25 bits per heavy atom. The first kappa shape index (κ1) is 31.6. The minimum atomic E-state index is -5.08. The zero-order chi connectivity index (χ0) is 28.1. The van der Waals surface area contributed by atoms with Gasteiger partial charge in [-0.05, 0) is 28.7 Å². The van der Waals surface area contributed by atoms with Crippen LogP contribution in [0, 0.1) is 5.41 Å². The predicted octanol–water partition coefficient (Wildman–Crippen LogP) is 1.08. The fourth-order valence-electron chi connectivity index (χ4n) is 3.07. The second-order valence-electron chi connectivity index (χ2n) is 9.07. The normalized spacial score (nSPS) is 18.5. The summed E-state index contributed by atoms with van der Waals surface area (Å²) >= 11 is 6.00. The van der Waals surface area contributed by atoms with Gasteiger partial charge in [-0.3, -0.25) is 9.59 Å². The first-order chi connectivity index (χ1) is 16.3. The summed E-state index contributed by atoms with van der Waals surface area (Å²) in [5, 5.41) is 20.6. The van der Waals surface area contributed by atoms with E-state index in [1.165, 1.54) is 0 Å². The van der Waals surface area contributed by atoms with E-state index in [4.69, 9.17) is 27.2 Å². The smallest absolute Gasteiger partial charge is 0.475 e. The summed E-state index contributed by atoms with van der Waals surface area (Å²) in [4.78, 5) is 35.6. The molecule has 1 fully saturated rings. The SMILES string of the molecule is CC(C)(C)[C@@H](O)C(=O)N1CCS(=O)(=O)C[C@H]1C(=O)NCc1cc(Cl)ccc1CN.O=C(O)C(F)(F)F. The number of halogens is 4. The molecule has 0 aliphatic carbocycles. The fourth-order valence-corrected chi connectivity index (χ4v) is 4.72. The van der Waals surface area contributed by atoms with Gasteiger partial charge < -0.3 is 26.2 Å². The van der Waals surface area contributed by atoms with Crippen molar-refractivity contribution in [2.45, 2.75) is 52.2 Å². The van der Waals surface area contributed by atoms with Crippen LogP contribution in [0.3, 0.4) is 0 Å². The Balaban J connectivity index is 0.000000809. The van der Waals surface area contributed by atoms with Crippen LogP contribution in [0.2, 0.25) is 5.02 Å². The van der Waals surface area contributed by atoms with Gasteiger partial charge in [0.1, 0.15) is 12.1 Å². The number of aliphatic carboxylic acids is 1. The van der Waals surface area contributed by atoms with Gasteiger partial charge in [-0.2, -0.15) is 13.2 Å². The molecule has 0 unspecified atom stereocenters. The number of amides is 2. The molecule has 15 heteroatoms. The lowest BCUT2D eigenvalue weighted by Gasteiger charge is -2.38. The van der Waals surface area contributed by atoms with Crippen molar-refractivity contribution in [1.29, 1.82) is 0 Å². The Morgan fingerprint density at radius 1 is 1.22 bits per heavy atom. The lowest BCUT2D eigenvalue weighted by atomic mass is 9.88. The first-order valence-electron chi connectivity index (χ1n) is 10.5. The molecule has 10 nitrogen and oxygen atoms in total. The largest absolute Gasteiger partial charge is 0.490 e. The third kappa shape index (κ3) is 9.22. The van der Waals surface area contributed by atoms with Crippen LogP contribution in [0.5, 0.6) is 0 Å². The van der Waals surface area contributed by atoms with Crippen molar-refractivity contribution in [3.63, 3.8) is 0 Å². The maximum Gasteiger partial charge on any atom is 0.490 e. The molecule has 2 amide bonds. The molecule has 1 aliphatic heterocycles. The van der Waals surface area contributed by atoms with Crippen molar-refractivity contribution in [3.8, 4) is 0 Å². The van der Waals surface area contributed by atoms with Crippen LogP contribution in [0.25, 0.3) is 0 Å². The molecule has 36 heavy (non-hydrogen) atoms. The lowest BCUT2D eigenvalue weighted by Crippen LogP contribution is -2.60. The van der Waals surface area contributed by atoms with E-state index in [0.29, 0.717) is 10.6 Å². The number of nitrogens with zero attached hydrogens (tertiary/aromatic N) is 1. The Labute approximate surface area is 211 Å². The molecule has 1 aromatic rings. The molecule has 1 aromatic carbocycles. The summed E-state index contributed by atoms with van der Waals surface area (Å²) < 4.78 is 55.9. The Hall–Kier alpha value is -2.42. The first-order valence-corrected chi connectivity index (χ1v) is 12.7. The number of nitrogens with one attached hydrogen (secondary N) is 1. The number of carboxylic acid groups (broad SMARTS) is 1. The number of rotatable bonds is 5. The average Bonchev–Trinajstić information content (AvgIpc) is 2.75. The van der Waals surface area contributed by atoms with Gasteiger partial charge in [0.2, 0.25) is 5.91 Å². The number of benzene rings is 1. The van der Waals surface area contributed by atoms with Crippen LogP contribution in [-0.2, 0) is 37.3 Å². The molecule has 0 saturated carbocycles. The Bertz CT molecular complexity index is 1080. The highest BCUT2D eigenvalue weighted by Crippen LogP contribution is 2.24. The van der Waals surface area contributed by atoms with Crippen LogP contribution in [0.1, 0.15) is 31.9 Å². The molecule has 5 N–H and O–H groups in total. The van der Waals surface area contributed by atoms with Crippen LogP contribution in [0.15, 0.2) is 18.2 Å². The maximum atomic E-state index is 12.8. The Kier molecular flexibility index (Phi) is 10.7. The molecule has 0 spiro atoms. The van der Waals surface area contributed by atoms with E-state index in [9.17, 15) is 36.3 Å². The zero-order valence-electron chi connectivity index (χ0n) is 19.8. The van der Waals surface area contributed by atoms with E-state index < -0.39 is 57.1 Å². The van der Waals surface area contributed by atoms with Gasteiger partial charge in [0.05, 0.1) is 11.5 Å². The Morgan fingerprint density at radius 2 is 1.78 bits per heavy atom. The molecule has 2 atom stereocenters. The highest BCUT2D eigenvalue weighted by atomic mass is 35.5. The molecule has 1 saturated heterocycles. The van der Waals surface area contributed by atoms with Crippen LogP contribution < -0.4 is 11.1 Å². The van der Waals surface area contributed by atoms with Crippen molar-refractivity contribution in [2.75, 3.05) is 18.1 Å². The van der Waals surface area contributed by atoms with Gasteiger partial charge >= 0.3 is 12.1 Å². The molecule has 0 bridgehead atoms. The standard InChI is InChI=1S/C19H28ClN3O5S.C2HF3O2/c1-19(2,3)16(24)18(26)23-6-7-29(27,28)11-15(23)17(25)22-10-13-8-14(20)5-4-12(13)9-21;3-2(4,5)1(6)7/h4-5,8,15-16,24H,6-7,9-11,21H2,1-3H3,(H,22,25);(H,6,7)/t15-,16-;/m0./s1. The van der Waals surface area contributed by atoms with E-state index in [0.717, 1.165) is 10.5 Å². The summed E-state index contributed by atoms with van der Waals surface area (Å²) in [6.07, 6.45) is -6.43. The van der Waals surface area contributed by atoms with Gasteiger partial charge in [-0.15, -0.1) is 0 Å². The molecular weight excluding hydrogens is 531 g/mol. The molecule has 1 heterocycles. The highest BCUT2D eigenvalue weighted by Gasteiger charge is 2.42. The van der Waals surface area contributed by atoms with Crippen LogP contribution in [0.4, 0.5) is 13.2 Å². The summed E-state index contributed by atoms with van der Waals surface area (Å²) in [6.45, 7) is 5.28. The summed E-state index contributed by atoms with van der Waals surface area (Å²) in [6, 6.07) is 3.91. The van der Waals surface area contributed by atoms with Crippen molar-refractivity contribution in [1.82, 2.24) is 10.2 Å². The second-order valence-corrected chi connectivity index (χ2v) is 11.7. The van der Waals surface area contributed by atoms with Crippen molar-refractivity contribution in [2.24, 2.45) is 11.1 Å².